The van der Waals surface area contributed by atoms with E-state index in [-0.39, 0.29) is 24.2 Å². The van der Waals surface area contributed by atoms with Gasteiger partial charge >= 0.3 is 0 Å². The van der Waals surface area contributed by atoms with Crippen molar-refractivity contribution in [2.45, 2.75) is 65.1 Å². The van der Waals surface area contributed by atoms with E-state index in [1.165, 1.54) is 0 Å². The van der Waals surface area contributed by atoms with E-state index in [9.17, 15) is 19.2 Å². The molecule has 2 aromatic rings. The highest BCUT2D eigenvalue weighted by Crippen LogP contribution is 2.17. The van der Waals surface area contributed by atoms with Crippen LogP contribution in [0, 0.1) is 11.8 Å². The molecule has 4 atom stereocenters. The Kier molecular flexibility index (Phi) is 10.4. The number of carbonyl (C=O) groups is 4. The lowest BCUT2D eigenvalue weighted by Gasteiger charge is -2.26. The Morgan fingerprint density at radius 1 is 0.971 bits per heavy atom. The molecular formula is C27H37N3O4. The average Bonchev–Trinajstić information content (AvgIpc) is 2.83. The van der Waals surface area contributed by atoms with Crippen LogP contribution >= 0.6 is 0 Å². The van der Waals surface area contributed by atoms with Gasteiger partial charge in [-0.3, -0.25) is 14.4 Å². The molecule has 0 aliphatic carbocycles. The van der Waals surface area contributed by atoms with Gasteiger partial charge in [-0.25, -0.2) is 0 Å². The van der Waals surface area contributed by atoms with Gasteiger partial charge in [0.05, 0.1) is 18.1 Å². The highest BCUT2D eigenvalue weighted by molar-refractivity contribution is 6.38. The molecule has 2 amide bonds. The Morgan fingerprint density at radius 2 is 1.65 bits per heavy atom. The van der Waals surface area contributed by atoms with Gasteiger partial charge < -0.3 is 20.7 Å². The SMILES string of the molecule is CC[C@H](C)C(NC(=O)[C@H](CC(C)C)NC)C(=O)C(=O)N[C@H](C=O)Cc1ccc2ccccc2c1. The highest BCUT2D eigenvalue weighted by Gasteiger charge is 2.33. The van der Waals surface area contributed by atoms with Crippen molar-refractivity contribution in [2.75, 3.05) is 7.05 Å². The van der Waals surface area contributed by atoms with Gasteiger partial charge in [-0.15, -0.1) is 0 Å². The summed E-state index contributed by atoms with van der Waals surface area (Å²) in [4.78, 5) is 50.3. The monoisotopic (exact) mass is 467 g/mol. The van der Waals surface area contributed by atoms with Crippen molar-refractivity contribution in [3.63, 3.8) is 0 Å². The van der Waals surface area contributed by atoms with Gasteiger partial charge in [0.15, 0.2) is 0 Å². The van der Waals surface area contributed by atoms with Crippen LogP contribution in [-0.2, 0) is 25.6 Å². The van der Waals surface area contributed by atoms with Crippen LogP contribution in [0.3, 0.4) is 0 Å². The number of hydrogen-bond donors (Lipinski definition) is 3. The standard InChI is InChI=1S/C27H37N3O4/c1-6-18(4)24(30-26(33)23(28-5)13-17(2)3)25(32)27(34)29-22(16-31)15-19-11-12-20-9-7-8-10-21(20)14-19/h7-12,14,16-18,22-24,28H,6,13,15H2,1-5H3,(H,29,34)(H,30,33)/t18-,22-,23-,24?/m0/s1. The van der Waals surface area contributed by atoms with E-state index in [4.69, 9.17) is 0 Å². The third-order valence-corrected chi connectivity index (χ3v) is 6.14. The van der Waals surface area contributed by atoms with Crippen LogP contribution in [0.2, 0.25) is 0 Å². The van der Waals surface area contributed by atoms with Gasteiger partial charge in [-0.05, 0) is 48.1 Å². The van der Waals surface area contributed by atoms with Crippen LogP contribution in [0.4, 0.5) is 0 Å². The smallest absolute Gasteiger partial charge is 0.290 e. The summed E-state index contributed by atoms with van der Waals surface area (Å²) in [6.45, 7) is 7.74. The average molecular weight is 468 g/mol. The maximum absolute atomic E-state index is 13.0. The van der Waals surface area contributed by atoms with Crippen molar-refractivity contribution in [1.29, 1.82) is 0 Å². The summed E-state index contributed by atoms with van der Waals surface area (Å²) in [5.74, 6) is -1.88. The normalized spacial score (nSPS) is 14.8. The van der Waals surface area contributed by atoms with Gasteiger partial charge in [0.1, 0.15) is 6.29 Å². The summed E-state index contributed by atoms with van der Waals surface area (Å²) in [6, 6.07) is 11.4. The number of likely N-dealkylation sites (N-methyl/N-ethyl adjacent to an activating group) is 1. The molecule has 0 saturated heterocycles. The van der Waals surface area contributed by atoms with Crippen molar-refractivity contribution in [3.05, 3.63) is 48.0 Å². The molecule has 0 aliphatic rings. The molecule has 2 rings (SSSR count). The molecule has 0 aromatic heterocycles. The number of rotatable bonds is 13. The Labute approximate surface area is 202 Å². The number of carbonyl (C=O) groups excluding carboxylic acids is 4. The van der Waals surface area contributed by atoms with Crippen LogP contribution < -0.4 is 16.0 Å². The fourth-order valence-electron chi connectivity index (χ4n) is 3.92. The predicted molar refractivity (Wildman–Crippen MR) is 134 cm³/mol. The van der Waals surface area contributed by atoms with Crippen molar-refractivity contribution < 1.29 is 19.2 Å². The van der Waals surface area contributed by atoms with E-state index in [1.54, 1.807) is 7.05 Å². The molecule has 0 heterocycles. The summed E-state index contributed by atoms with van der Waals surface area (Å²) >= 11 is 0. The lowest BCUT2D eigenvalue weighted by atomic mass is 9.93. The largest absolute Gasteiger partial charge is 0.344 e. The first-order chi connectivity index (χ1) is 16.2. The minimum absolute atomic E-state index is 0.242. The van der Waals surface area contributed by atoms with E-state index < -0.39 is 29.8 Å². The molecule has 2 aromatic carbocycles. The van der Waals surface area contributed by atoms with E-state index in [0.29, 0.717) is 19.1 Å². The van der Waals surface area contributed by atoms with E-state index in [1.807, 2.05) is 70.2 Å². The fraction of sp³-hybridized carbons (Fsp3) is 0.481. The first-order valence-corrected chi connectivity index (χ1v) is 11.9. The minimum Gasteiger partial charge on any atom is -0.344 e. The zero-order valence-corrected chi connectivity index (χ0v) is 20.8. The van der Waals surface area contributed by atoms with Gasteiger partial charge in [0.25, 0.3) is 5.91 Å². The quantitative estimate of drug-likeness (QED) is 0.310. The number of ketones is 1. The van der Waals surface area contributed by atoms with Crippen molar-refractivity contribution in [2.24, 2.45) is 11.8 Å². The van der Waals surface area contributed by atoms with Crippen LogP contribution in [-0.4, -0.2) is 49.1 Å². The van der Waals surface area contributed by atoms with Crippen LogP contribution in [0.1, 0.15) is 46.1 Å². The highest BCUT2D eigenvalue weighted by atomic mass is 16.2. The summed E-state index contributed by atoms with van der Waals surface area (Å²) in [7, 11) is 1.70. The number of hydrogen-bond acceptors (Lipinski definition) is 5. The Balaban J connectivity index is 2.10. The molecule has 3 N–H and O–H groups in total. The predicted octanol–water partition coefficient (Wildman–Crippen LogP) is 2.80. The molecule has 1 unspecified atom stereocenters. The van der Waals surface area contributed by atoms with E-state index in [2.05, 4.69) is 16.0 Å². The van der Waals surface area contributed by atoms with Crippen LogP contribution in [0.5, 0.6) is 0 Å². The second-order valence-electron chi connectivity index (χ2n) is 9.31. The van der Waals surface area contributed by atoms with E-state index in [0.717, 1.165) is 16.3 Å². The zero-order chi connectivity index (χ0) is 25.3. The van der Waals surface area contributed by atoms with Gasteiger partial charge in [-0.2, -0.15) is 0 Å². The van der Waals surface area contributed by atoms with Gasteiger partial charge in [0.2, 0.25) is 11.7 Å². The molecule has 0 aliphatic heterocycles. The van der Waals surface area contributed by atoms with Crippen molar-refractivity contribution in [1.82, 2.24) is 16.0 Å². The summed E-state index contributed by atoms with van der Waals surface area (Å²) in [5.41, 5.74) is 0.876. The van der Waals surface area contributed by atoms with Crippen molar-refractivity contribution in [3.8, 4) is 0 Å². The molecule has 0 fully saturated rings. The summed E-state index contributed by atoms with van der Waals surface area (Å²) in [6.07, 6.45) is 2.11. The molecule has 7 heteroatoms. The summed E-state index contributed by atoms with van der Waals surface area (Å²) < 4.78 is 0. The second kappa shape index (κ2) is 13.0. The molecule has 34 heavy (non-hydrogen) atoms. The molecule has 0 spiro atoms. The van der Waals surface area contributed by atoms with Crippen LogP contribution in [0.15, 0.2) is 42.5 Å². The van der Waals surface area contributed by atoms with Gasteiger partial charge in [-0.1, -0.05) is 76.6 Å². The second-order valence-corrected chi connectivity index (χ2v) is 9.31. The number of amides is 2. The molecule has 7 nitrogen and oxygen atoms in total. The number of benzene rings is 2. The maximum Gasteiger partial charge on any atom is 0.290 e. The van der Waals surface area contributed by atoms with E-state index >= 15 is 0 Å². The topological polar surface area (TPSA) is 104 Å². The van der Waals surface area contributed by atoms with Crippen molar-refractivity contribution >= 4 is 34.7 Å². The lowest BCUT2D eigenvalue weighted by Crippen LogP contribution is -2.56. The van der Waals surface area contributed by atoms with Crippen LogP contribution in [0.25, 0.3) is 10.8 Å². The first kappa shape index (κ1) is 27.2. The number of fused-ring (bicyclic) bond motifs is 1. The number of Topliss-reactive ketones (excluding diaryl/α,β-unsaturated/α-hetero) is 1. The molecule has 0 saturated carbocycles. The lowest BCUT2D eigenvalue weighted by molar-refractivity contribution is -0.141. The third kappa shape index (κ3) is 7.48. The number of aldehydes is 1. The molecule has 0 radical (unpaired) electrons. The first-order valence-electron chi connectivity index (χ1n) is 11.9. The maximum atomic E-state index is 13.0. The summed E-state index contributed by atoms with van der Waals surface area (Å²) in [5, 5.41) is 10.4. The Bertz CT molecular complexity index is 1000. The molecule has 184 valence electrons. The third-order valence-electron chi connectivity index (χ3n) is 6.14. The minimum atomic E-state index is -0.964. The zero-order valence-electron chi connectivity index (χ0n) is 20.8. The fourth-order valence-corrected chi connectivity index (χ4v) is 3.92. The Morgan fingerprint density at radius 3 is 2.24 bits per heavy atom. The Hall–Kier alpha value is -3.06. The number of nitrogens with one attached hydrogen (secondary N) is 3. The molecule has 0 bridgehead atoms. The van der Waals surface area contributed by atoms with Gasteiger partial charge in [0, 0.05) is 0 Å². The molecular weight excluding hydrogens is 430 g/mol.